The maximum absolute atomic E-state index is 13.2. The van der Waals surface area contributed by atoms with Gasteiger partial charge in [-0.2, -0.15) is 0 Å². The number of aromatic nitrogens is 1. The zero-order chi connectivity index (χ0) is 16.9. The number of anilines is 3. The van der Waals surface area contributed by atoms with Crippen LogP contribution in [0.1, 0.15) is 10.5 Å². The molecule has 0 unspecified atom stereocenters. The summed E-state index contributed by atoms with van der Waals surface area (Å²) in [6, 6.07) is 16.3. The van der Waals surface area contributed by atoms with Crippen molar-refractivity contribution in [2.24, 2.45) is 0 Å². The average molecular weight is 342 g/mol. The molecular weight excluding hydrogens is 329 g/mol. The molecule has 120 valence electrons. The van der Waals surface area contributed by atoms with E-state index in [9.17, 15) is 9.18 Å². The van der Waals surface area contributed by atoms with Crippen LogP contribution in [0.4, 0.5) is 21.5 Å². The Morgan fingerprint density at radius 2 is 1.71 bits per heavy atom. The lowest BCUT2D eigenvalue weighted by atomic mass is 10.2. The Morgan fingerprint density at radius 3 is 2.50 bits per heavy atom. The van der Waals surface area contributed by atoms with E-state index in [-0.39, 0.29) is 5.69 Å². The Labute approximate surface area is 143 Å². The van der Waals surface area contributed by atoms with E-state index in [1.807, 2.05) is 12.1 Å². The molecule has 2 aromatic carbocycles. The second-order valence-corrected chi connectivity index (χ2v) is 5.47. The van der Waals surface area contributed by atoms with Crippen LogP contribution in [0, 0.1) is 5.82 Å². The summed E-state index contributed by atoms with van der Waals surface area (Å²) in [5, 5.41) is 6.37. The summed E-state index contributed by atoms with van der Waals surface area (Å²) >= 11 is 5.95. The Balaban J connectivity index is 1.76. The van der Waals surface area contributed by atoms with Crippen molar-refractivity contribution in [2.75, 3.05) is 10.6 Å². The van der Waals surface area contributed by atoms with Gasteiger partial charge in [0.2, 0.25) is 0 Å². The Hall–Kier alpha value is -2.92. The van der Waals surface area contributed by atoms with E-state index in [0.29, 0.717) is 16.4 Å². The number of amides is 1. The van der Waals surface area contributed by atoms with E-state index < -0.39 is 11.7 Å². The van der Waals surface area contributed by atoms with Crippen LogP contribution in [-0.2, 0) is 0 Å². The topological polar surface area (TPSA) is 54.0 Å². The van der Waals surface area contributed by atoms with Crippen molar-refractivity contribution < 1.29 is 9.18 Å². The monoisotopic (exact) mass is 341 g/mol. The molecule has 0 bridgehead atoms. The highest BCUT2D eigenvalue weighted by Gasteiger charge is 2.09. The molecule has 0 saturated carbocycles. The SMILES string of the molecule is O=C(Nc1cccc(F)c1)c1cc(Nc2cccc(Cl)c2)ccn1. The summed E-state index contributed by atoms with van der Waals surface area (Å²) in [6.07, 6.45) is 1.52. The molecule has 1 amide bonds. The maximum Gasteiger partial charge on any atom is 0.274 e. The third-order valence-corrected chi connectivity index (χ3v) is 3.42. The van der Waals surface area contributed by atoms with Crippen molar-refractivity contribution in [3.8, 4) is 0 Å². The lowest BCUT2D eigenvalue weighted by Gasteiger charge is -2.09. The Morgan fingerprint density at radius 1 is 0.958 bits per heavy atom. The smallest absolute Gasteiger partial charge is 0.274 e. The van der Waals surface area contributed by atoms with Crippen LogP contribution in [0.25, 0.3) is 0 Å². The van der Waals surface area contributed by atoms with Crippen LogP contribution in [-0.4, -0.2) is 10.9 Å². The molecule has 1 heterocycles. The molecule has 0 spiro atoms. The van der Waals surface area contributed by atoms with E-state index in [0.717, 1.165) is 5.69 Å². The average Bonchev–Trinajstić information content (AvgIpc) is 2.55. The molecule has 0 aliphatic rings. The lowest BCUT2D eigenvalue weighted by Crippen LogP contribution is -2.13. The van der Waals surface area contributed by atoms with Gasteiger partial charge in [-0.15, -0.1) is 0 Å². The molecule has 0 atom stereocenters. The first-order valence-corrected chi connectivity index (χ1v) is 7.53. The summed E-state index contributed by atoms with van der Waals surface area (Å²) in [6.45, 7) is 0. The highest BCUT2D eigenvalue weighted by Crippen LogP contribution is 2.20. The van der Waals surface area contributed by atoms with Crippen molar-refractivity contribution >= 4 is 34.6 Å². The molecule has 0 aliphatic heterocycles. The van der Waals surface area contributed by atoms with Gasteiger partial charge in [0.05, 0.1) is 0 Å². The lowest BCUT2D eigenvalue weighted by molar-refractivity contribution is 0.102. The predicted molar refractivity (Wildman–Crippen MR) is 93.3 cm³/mol. The third kappa shape index (κ3) is 4.08. The first-order valence-electron chi connectivity index (χ1n) is 7.16. The number of halogens is 2. The predicted octanol–water partition coefficient (Wildman–Crippen LogP) is 4.87. The number of hydrogen-bond donors (Lipinski definition) is 2. The number of nitrogens with zero attached hydrogens (tertiary/aromatic N) is 1. The summed E-state index contributed by atoms with van der Waals surface area (Å²) in [5.41, 5.74) is 2.07. The van der Waals surface area contributed by atoms with Crippen molar-refractivity contribution in [3.05, 3.63) is 83.4 Å². The van der Waals surface area contributed by atoms with Gasteiger partial charge in [-0.1, -0.05) is 23.7 Å². The van der Waals surface area contributed by atoms with Gasteiger partial charge in [-0.3, -0.25) is 9.78 Å². The molecular formula is C18H13ClFN3O. The van der Waals surface area contributed by atoms with E-state index in [4.69, 9.17) is 11.6 Å². The fraction of sp³-hybridized carbons (Fsp3) is 0. The van der Waals surface area contributed by atoms with Crippen molar-refractivity contribution in [2.45, 2.75) is 0 Å². The van der Waals surface area contributed by atoms with E-state index in [1.54, 1.807) is 30.3 Å². The quantitative estimate of drug-likeness (QED) is 0.711. The summed E-state index contributed by atoms with van der Waals surface area (Å²) in [4.78, 5) is 16.3. The Kier molecular flexibility index (Phi) is 4.72. The zero-order valence-corrected chi connectivity index (χ0v) is 13.2. The molecule has 0 saturated heterocycles. The van der Waals surface area contributed by atoms with E-state index in [1.165, 1.54) is 24.4 Å². The van der Waals surface area contributed by atoms with Crippen LogP contribution in [0.3, 0.4) is 0 Å². The molecule has 6 heteroatoms. The van der Waals surface area contributed by atoms with Crippen LogP contribution >= 0.6 is 11.6 Å². The van der Waals surface area contributed by atoms with Gasteiger partial charge in [-0.25, -0.2) is 4.39 Å². The zero-order valence-electron chi connectivity index (χ0n) is 12.5. The minimum atomic E-state index is -0.421. The van der Waals surface area contributed by atoms with Gasteiger partial charge in [0.25, 0.3) is 5.91 Å². The van der Waals surface area contributed by atoms with Gasteiger partial charge in [0, 0.05) is 28.3 Å². The van der Waals surface area contributed by atoms with Gasteiger partial charge in [0.1, 0.15) is 11.5 Å². The largest absolute Gasteiger partial charge is 0.355 e. The first kappa shape index (κ1) is 16.0. The van der Waals surface area contributed by atoms with Gasteiger partial charge < -0.3 is 10.6 Å². The number of benzene rings is 2. The summed E-state index contributed by atoms with van der Waals surface area (Å²) in [7, 11) is 0. The van der Waals surface area contributed by atoms with Crippen LogP contribution in [0.5, 0.6) is 0 Å². The number of carbonyl (C=O) groups excluding carboxylic acids is 1. The van der Waals surface area contributed by atoms with Crippen molar-refractivity contribution in [1.82, 2.24) is 4.98 Å². The van der Waals surface area contributed by atoms with E-state index in [2.05, 4.69) is 15.6 Å². The highest BCUT2D eigenvalue weighted by atomic mass is 35.5. The molecule has 4 nitrogen and oxygen atoms in total. The highest BCUT2D eigenvalue weighted by molar-refractivity contribution is 6.30. The molecule has 0 radical (unpaired) electrons. The number of pyridine rings is 1. The second-order valence-electron chi connectivity index (χ2n) is 5.03. The maximum atomic E-state index is 13.2. The molecule has 2 N–H and O–H groups in total. The number of nitrogens with one attached hydrogen (secondary N) is 2. The minimum absolute atomic E-state index is 0.214. The third-order valence-electron chi connectivity index (χ3n) is 3.19. The van der Waals surface area contributed by atoms with Crippen molar-refractivity contribution in [3.63, 3.8) is 0 Å². The number of hydrogen-bond acceptors (Lipinski definition) is 3. The molecule has 0 fully saturated rings. The number of carbonyl (C=O) groups is 1. The minimum Gasteiger partial charge on any atom is -0.355 e. The molecule has 1 aromatic heterocycles. The van der Waals surface area contributed by atoms with Crippen LogP contribution in [0.15, 0.2) is 66.9 Å². The van der Waals surface area contributed by atoms with Crippen molar-refractivity contribution in [1.29, 1.82) is 0 Å². The first-order chi connectivity index (χ1) is 11.6. The van der Waals surface area contributed by atoms with Crippen LogP contribution < -0.4 is 10.6 Å². The molecule has 24 heavy (non-hydrogen) atoms. The molecule has 0 aliphatic carbocycles. The molecule has 3 aromatic rings. The van der Waals surface area contributed by atoms with Crippen LogP contribution in [0.2, 0.25) is 5.02 Å². The van der Waals surface area contributed by atoms with Gasteiger partial charge in [-0.05, 0) is 48.5 Å². The second kappa shape index (κ2) is 7.10. The normalized spacial score (nSPS) is 10.2. The van der Waals surface area contributed by atoms with Gasteiger partial charge in [0.15, 0.2) is 0 Å². The fourth-order valence-electron chi connectivity index (χ4n) is 2.13. The standard InChI is InChI=1S/C18H13ClFN3O/c19-12-3-1-5-14(9-12)22-16-7-8-21-17(11-16)18(24)23-15-6-2-4-13(20)10-15/h1-11H,(H,21,22)(H,23,24). The van der Waals surface area contributed by atoms with E-state index >= 15 is 0 Å². The molecule has 3 rings (SSSR count). The summed E-state index contributed by atoms with van der Waals surface area (Å²) in [5.74, 6) is -0.840. The Bertz CT molecular complexity index is 885. The fourth-order valence-corrected chi connectivity index (χ4v) is 2.32. The number of rotatable bonds is 4. The van der Waals surface area contributed by atoms with Gasteiger partial charge >= 0.3 is 0 Å². The summed E-state index contributed by atoms with van der Waals surface area (Å²) < 4.78 is 13.2.